The SMILES string of the molecule is COc1ccc(-c2cn3cc(C(=O)O)ccc3n2)c(OC)c1. The molecule has 6 nitrogen and oxygen atoms in total. The number of rotatable bonds is 4. The maximum absolute atomic E-state index is 11.0. The van der Waals surface area contributed by atoms with Crippen molar-refractivity contribution in [2.24, 2.45) is 0 Å². The minimum absolute atomic E-state index is 0.207. The van der Waals surface area contributed by atoms with Gasteiger partial charge in [-0.3, -0.25) is 0 Å². The first kappa shape index (κ1) is 13.9. The molecule has 3 aromatic rings. The zero-order chi connectivity index (χ0) is 15.7. The van der Waals surface area contributed by atoms with Crippen molar-refractivity contribution in [3.63, 3.8) is 0 Å². The molecule has 0 aliphatic rings. The summed E-state index contributed by atoms with van der Waals surface area (Å²) >= 11 is 0. The topological polar surface area (TPSA) is 73.1 Å². The average molecular weight is 298 g/mol. The smallest absolute Gasteiger partial charge is 0.337 e. The van der Waals surface area contributed by atoms with Crippen molar-refractivity contribution in [2.75, 3.05) is 14.2 Å². The fourth-order valence-electron chi connectivity index (χ4n) is 2.26. The number of imidazole rings is 1. The Morgan fingerprint density at radius 2 is 1.95 bits per heavy atom. The van der Waals surface area contributed by atoms with Crippen LogP contribution in [0.4, 0.5) is 0 Å². The number of benzene rings is 1. The summed E-state index contributed by atoms with van der Waals surface area (Å²) in [6.07, 6.45) is 3.30. The van der Waals surface area contributed by atoms with Gasteiger partial charge in [-0.15, -0.1) is 0 Å². The molecular weight excluding hydrogens is 284 g/mol. The van der Waals surface area contributed by atoms with Crippen LogP contribution in [0, 0.1) is 0 Å². The van der Waals surface area contributed by atoms with E-state index < -0.39 is 5.97 Å². The molecule has 0 spiro atoms. The Labute approximate surface area is 126 Å². The van der Waals surface area contributed by atoms with E-state index in [0.29, 0.717) is 22.8 Å². The predicted molar refractivity (Wildman–Crippen MR) is 80.7 cm³/mol. The second-order valence-corrected chi connectivity index (χ2v) is 4.68. The Morgan fingerprint density at radius 1 is 1.14 bits per heavy atom. The monoisotopic (exact) mass is 298 g/mol. The maximum atomic E-state index is 11.0. The molecule has 3 rings (SSSR count). The largest absolute Gasteiger partial charge is 0.497 e. The second-order valence-electron chi connectivity index (χ2n) is 4.68. The second kappa shape index (κ2) is 5.40. The van der Waals surface area contributed by atoms with E-state index in [1.807, 2.05) is 12.1 Å². The van der Waals surface area contributed by atoms with Gasteiger partial charge in [0.25, 0.3) is 0 Å². The molecule has 0 saturated carbocycles. The van der Waals surface area contributed by atoms with Crippen molar-refractivity contribution in [3.05, 3.63) is 48.3 Å². The molecule has 1 N–H and O–H groups in total. The number of carboxylic acids is 1. The molecule has 0 fully saturated rings. The lowest BCUT2D eigenvalue weighted by Gasteiger charge is -2.08. The minimum atomic E-state index is -0.973. The third-order valence-corrected chi connectivity index (χ3v) is 3.38. The van der Waals surface area contributed by atoms with Gasteiger partial charge in [-0.05, 0) is 24.3 Å². The van der Waals surface area contributed by atoms with Crippen LogP contribution in [0.15, 0.2) is 42.7 Å². The molecule has 2 aromatic heterocycles. The molecule has 0 amide bonds. The number of nitrogens with zero attached hydrogens (tertiary/aromatic N) is 2. The highest BCUT2D eigenvalue weighted by atomic mass is 16.5. The number of carbonyl (C=O) groups is 1. The van der Waals surface area contributed by atoms with E-state index in [1.165, 1.54) is 12.3 Å². The highest BCUT2D eigenvalue weighted by molar-refractivity contribution is 5.87. The fourth-order valence-corrected chi connectivity index (χ4v) is 2.26. The summed E-state index contributed by atoms with van der Waals surface area (Å²) in [6, 6.07) is 8.66. The van der Waals surface area contributed by atoms with Gasteiger partial charge >= 0.3 is 5.97 Å². The van der Waals surface area contributed by atoms with E-state index in [4.69, 9.17) is 14.6 Å². The van der Waals surface area contributed by atoms with E-state index in [0.717, 1.165) is 5.56 Å². The molecular formula is C16H14N2O4. The van der Waals surface area contributed by atoms with E-state index in [2.05, 4.69) is 4.98 Å². The highest BCUT2D eigenvalue weighted by Gasteiger charge is 2.12. The number of pyridine rings is 1. The third kappa shape index (κ3) is 2.35. The first-order valence-electron chi connectivity index (χ1n) is 6.57. The summed E-state index contributed by atoms with van der Waals surface area (Å²) < 4.78 is 12.2. The molecule has 0 unspecified atom stereocenters. The molecule has 1 aromatic carbocycles. The molecule has 2 heterocycles. The van der Waals surface area contributed by atoms with Crippen LogP contribution < -0.4 is 9.47 Å². The molecule has 0 aliphatic carbocycles. The van der Waals surface area contributed by atoms with Crippen molar-refractivity contribution >= 4 is 11.6 Å². The van der Waals surface area contributed by atoms with Gasteiger partial charge in [-0.1, -0.05) is 0 Å². The number of methoxy groups -OCH3 is 2. The lowest BCUT2D eigenvalue weighted by molar-refractivity contribution is 0.0696. The lowest BCUT2D eigenvalue weighted by Crippen LogP contribution is -1.97. The van der Waals surface area contributed by atoms with E-state index in [9.17, 15) is 4.79 Å². The predicted octanol–water partition coefficient (Wildman–Crippen LogP) is 2.72. The highest BCUT2D eigenvalue weighted by Crippen LogP contribution is 2.32. The molecule has 0 saturated heterocycles. The number of aromatic carboxylic acids is 1. The average Bonchev–Trinajstić information content (AvgIpc) is 2.96. The van der Waals surface area contributed by atoms with Crippen LogP contribution in [0.5, 0.6) is 11.5 Å². The van der Waals surface area contributed by atoms with Crippen LogP contribution in [0.3, 0.4) is 0 Å². The van der Waals surface area contributed by atoms with Crippen molar-refractivity contribution in [3.8, 4) is 22.8 Å². The van der Waals surface area contributed by atoms with Crippen LogP contribution >= 0.6 is 0 Å². The van der Waals surface area contributed by atoms with Crippen molar-refractivity contribution < 1.29 is 19.4 Å². The molecule has 0 bridgehead atoms. The Balaban J connectivity index is 2.12. The fraction of sp³-hybridized carbons (Fsp3) is 0.125. The van der Waals surface area contributed by atoms with Gasteiger partial charge in [-0.2, -0.15) is 0 Å². The van der Waals surface area contributed by atoms with E-state index in [1.54, 1.807) is 36.9 Å². The van der Waals surface area contributed by atoms with Gasteiger partial charge in [0.2, 0.25) is 0 Å². The molecule has 112 valence electrons. The summed E-state index contributed by atoms with van der Waals surface area (Å²) in [4.78, 5) is 15.5. The summed E-state index contributed by atoms with van der Waals surface area (Å²) in [7, 11) is 3.17. The van der Waals surface area contributed by atoms with Crippen LogP contribution in [0.25, 0.3) is 16.9 Å². The Morgan fingerprint density at radius 3 is 2.64 bits per heavy atom. The maximum Gasteiger partial charge on any atom is 0.337 e. The van der Waals surface area contributed by atoms with Crippen LogP contribution in [0.2, 0.25) is 0 Å². The number of fused-ring (bicyclic) bond motifs is 1. The van der Waals surface area contributed by atoms with Crippen LogP contribution in [0.1, 0.15) is 10.4 Å². The minimum Gasteiger partial charge on any atom is -0.497 e. The lowest BCUT2D eigenvalue weighted by atomic mass is 10.1. The van der Waals surface area contributed by atoms with Crippen LogP contribution in [-0.4, -0.2) is 34.7 Å². The summed E-state index contributed by atoms with van der Waals surface area (Å²) in [5.41, 5.74) is 2.38. The van der Waals surface area contributed by atoms with E-state index in [-0.39, 0.29) is 5.56 Å². The zero-order valence-corrected chi connectivity index (χ0v) is 12.1. The zero-order valence-electron chi connectivity index (χ0n) is 12.1. The number of carboxylic acid groups (broad SMARTS) is 1. The van der Waals surface area contributed by atoms with Gasteiger partial charge in [0.05, 0.1) is 25.5 Å². The van der Waals surface area contributed by atoms with Gasteiger partial charge in [0.1, 0.15) is 17.1 Å². The Bertz CT molecular complexity index is 854. The molecule has 0 atom stereocenters. The number of aromatic nitrogens is 2. The first-order valence-corrected chi connectivity index (χ1v) is 6.57. The van der Waals surface area contributed by atoms with Crippen LogP contribution in [-0.2, 0) is 0 Å². The number of ether oxygens (including phenoxy) is 2. The van der Waals surface area contributed by atoms with Crippen molar-refractivity contribution in [1.29, 1.82) is 0 Å². The third-order valence-electron chi connectivity index (χ3n) is 3.38. The standard InChI is InChI=1S/C16H14N2O4/c1-21-11-4-5-12(14(7-11)22-2)13-9-18-8-10(16(19)20)3-6-15(18)17-13/h3-9H,1-2H3,(H,19,20). The quantitative estimate of drug-likeness (QED) is 0.801. The van der Waals surface area contributed by atoms with Crippen molar-refractivity contribution in [2.45, 2.75) is 0 Å². The summed E-state index contributed by atoms with van der Waals surface area (Å²) in [5, 5.41) is 9.04. The van der Waals surface area contributed by atoms with Gasteiger partial charge in [0, 0.05) is 24.0 Å². The Kier molecular flexibility index (Phi) is 3.42. The first-order chi connectivity index (χ1) is 10.6. The molecule has 22 heavy (non-hydrogen) atoms. The van der Waals surface area contributed by atoms with Gasteiger partial charge < -0.3 is 19.0 Å². The van der Waals surface area contributed by atoms with Gasteiger partial charge in [0.15, 0.2) is 0 Å². The summed E-state index contributed by atoms with van der Waals surface area (Å²) in [6.45, 7) is 0. The van der Waals surface area contributed by atoms with Gasteiger partial charge in [-0.25, -0.2) is 9.78 Å². The molecule has 6 heteroatoms. The number of hydrogen-bond acceptors (Lipinski definition) is 4. The van der Waals surface area contributed by atoms with Crippen molar-refractivity contribution in [1.82, 2.24) is 9.38 Å². The molecule has 0 radical (unpaired) electrons. The molecule has 0 aliphatic heterocycles. The normalized spacial score (nSPS) is 10.6. The van der Waals surface area contributed by atoms with E-state index >= 15 is 0 Å². The number of hydrogen-bond donors (Lipinski definition) is 1. The summed E-state index contributed by atoms with van der Waals surface area (Å²) in [5.74, 6) is 0.359. The Hall–Kier alpha value is -3.02.